The van der Waals surface area contributed by atoms with E-state index in [4.69, 9.17) is 15.0 Å². The van der Waals surface area contributed by atoms with E-state index in [1.165, 1.54) is 6.42 Å². The summed E-state index contributed by atoms with van der Waals surface area (Å²) in [5.41, 5.74) is 5.56. The fraction of sp³-hybridized carbons (Fsp3) is 0.857. The molecule has 0 bridgehead atoms. The van der Waals surface area contributed by atoms with Gasteiger partial charge in [0.25, 0.3) is 0 Å². The first-order valence-corrected chi connectivity index (χ1v) is 7.25. The summed E-state index contributed by atoms with van der Waals surface area (Å²) in [5.74, 6) is 1.76. The molecule has 2 unspecified atom stereocenters. The second kappa shape index (κ2) is 6.01. The van der Waals surface area contributed by atoms with E-state index in [0.29, 0.717) is 30.3 Å². The highest BCUT2D eigenvalue weighted by Gasteiger charge is 2.30. The van der Waals surface area contributed by atoms with Crippen molar-refractivity contribution in [3.63, 3.8) is 0 Å². The molecule has 1 aromatic heterocycles. The molecule has 19 heavy (non-hydrogen) atoms. The maximum atomic E-state index is 6.23. The first-order chi connectivity index (χ1) is 9.01. The SMILES string of the molecule is CCC(C)Cc1nc(C(C)(N)COC2CCC2)no1. The zero-order valence-electron chi connectivity index (χ0n) is 12.2. The zero-order valence-corrected chi connectivity index (χ0v) is 12.2. The summed E-state index contributed by atoms with van der Waals surface area (Å²) >= 11 is 0. The molecule has 5 nitrogen and oxygen atoms in total. The Labute approximate surface area is 114 Å². The fourth-order valence-corrected chi connectivity index (χ4v) is 1.91. The van der Waals surface area contributed by atoms with Crippen LogP contribution in [-0.4, -0.2) is 22.9 Å². The standard InChI is InChI=1S/C14H25N3O2/c1-4-10(2)8-12-16-13(17-19-12)14(3,15)9-18-11-6-5-7-11/h10-11H,4-9,15H2,1-3H3. The first-order valence-electron chi connectivity index (χ1n) is 7.25. The van der Waals surface area contributed by atoms with Gasteiger partial charge in [0.05, 0.1) is 12.7 Å². The largest absolute Gasteiger partial charge is 0.376 e. The summed E-state index contributed by atoms with van der Waals surface area (Å²) in [7, 11) is 0. The minimum absolute atomic E-state index is 0.370. The van der Waals surface area contributed by atoms with Crippen LogP contribution in [0.4, 0.5) is 0 Å². The Kier molecular flexibility index (Phi) is 4.58. The van der Waals surface area contributed by atoms with Crippen LogP contribution in [0.5, 0.6) is 0 Å². The van der Waals surface area contributed by atoms with E-state index in [1.807, 2.05) is 6.92 Å². The van der Waals surface area contributed by atoms with Crippen molar-refractivity contribution >= 4 is 0 Å². The average molecular weight is 267 g/mol. The van der Waals surface area contributed by atoms with Crippen LogP contribution in [0, 0.1) is 5.92 Å². The summed E-state index contributed by atoms with van der Waals surface area (Å²) < 4.78 is 11.0. The van der Waals surface area contributed by atoms with Crippen LogP contribution in [0.25, 0.3) is 0 Å². The number of rotatable bonds is 7. The van der Waals surface area contributed by atoms with Crippen LogP contribution >= 0.6 is 0 Å². The van der Waals surface area contributed by atoms with Gasteiger partial charge in [-0.1, -0.05) is 25.4 Å². The van der Waals surface area contributed by atoms with Crippen LogP contribution in [0.1, 0.15) is 58.2 Å². The van der Waals surface area contributed by atoms with Gasteiger partial charge in [-0.25, -0.2) is 0 Å². The number of aromatic nitrogens is 2. The maximum Gasteiger partial charge on any atom is 0.226 e. The van der Waals surface area contributed by atoms with Crippen LogP contribution in [0.3, 0.4) is 0 Å². The maximum absolute atomic E-state index is 6.23. The van der Waals surface area contributed by atoms with E-state index < -0.39 is 5.54 Å². The van der Waals surface area contributed by atoms with Gasteiger partial charge in [-0.2, -0.15) is 4.98 Å². The minimum atomic E-state index is -0.674. The second-order valence-corrected chi connectivity index (χ2v) is 6.01. The van der Waals surface area contributed by atoms with E-state index in [2.05, 4.69) is 24.0 Å². The van der Waals surface area contributed by atoms with Crippen LogP contribution < -0.4 is 5.73 Å². The van der Waals surface area contributed by atoms with Crippen molar-refractivity contribution in [1.29, 1.82) is 0 Å². The summed E-state index contributed by atoms with van der Waals surface area (Å²) in [6.45, 7) is 6.66. The fourth-order valence-electron chi connectivity index (χ4n) is 1.91. The first kappa shape index (κ1) is 14.5. The molecule has 2 atom stereocenters. The molecule has 0 radical (unpaired) electrons. The highest BCUT2D eigenvalue weighted by atomic mass is 16.5. The molecule has 108 valence electrons. The van der Waals surface area contributed by atoms with Gasteiger partial charge in [-0.3, -0.25) is 0 Å². The lowest BCUT2D eigenvalue weighted by Crippen LogP contribution is -2.41. The Morgan fingerprint density at radius 3 is 2.84 bits per heavy atom. The molecule has 2 N–H and O–H groups in total. The van der Waals surface area contributed by atoms with Crippen LogP contribution in [0.15, 0.2) is 4.52 Å². The van der Waals surface area contributed by atoms with Crippen molar-refractivity contribution in [1.82, 2.24) is 10.1 Å². The van der Waals surface area contributed by atoms with Crippen molar-refractivity contribution < 1.29 is 9.26 Å². The van der Waals surface area contributed by atoms with Gasteiger partial charge in [0, 0.05) is 6.42 Å². The minimum Gasteiger partial charge on any atom is -0.376 e. The number of nitrogens with zero attached hydrogens (tertiary/aromatic N) is 2. The van der Waals surface area contributed by atoms with E-state index in [-0.39, 0.29) is 0 Å². The second-order valence-electron chi connectivity index (χ2n) is 6.01. The van der Waals surface area contributed by atoms with Gasteiger partial charge in [-0.05, 0) is 32.1 Å². The highest BCUT2D eigenvalue weighted by Crippen LogP contribution is 2.25. The smallest absolute Gasteiger partial charge is 0.226 e. The lowest BCUT2D eigenvalue weighted by molar-refractivity contribution is -0.0222. The summed E-state index contributed by atoms with van der Waals surface area (Å²) in [4.78, 5) is 4.41. The van der Waals surface area contributed by atoms with E-state index >= 15 is 0 Å². The average Bonchev–Trinajstić information content (AvgIpc) is 2.76. The summed E-state index contributed by atoms with van der Waals surface area (Å²) in [6, 6.07) is 0. The van der Waals surface area contributed by atoms with Crippen LogP contribution in [-0.2, 0) is 16.7 Å². The van der Waals surface area contributed by atoms with Crippen molar-refractivity contribution in [2.45, 2.75) is 64.5 Å². The van der Waals surface area contributed by atoms with E-state index in [9.17, 15) is 0 Å². The predicted octanol–water partition coefficient (Wildman–Crippen LogP) is 2.40. The molecular formula is C14H25N3O2. The molecule has 0 aromatic carbocycles. The third-order valence-corrected chi connectivity index (χ3v) is 3.87. The topological polar surface area (TPSA) is 74.2 Å². The summed E-state index contributed by atoms with van der Waals surface area (Å²) in [6.07, 6.45) is 5.82. The van der Waals surface area contributed by atoms with Crippen molar-refractivity contribution in [3.05, 3.63) is 11.7 Å². The Morgan fingerprint density at radius 2 is 2.26 bits per heavy atom. The molecular weight excluding hydrogens is 242 g/mol. The predicted molar refractivity (Wildman–Crippen MR) is 72.6 cm³/mol. The quantitative estimate of drug-likeness (QED) is 0.821. The van der Waals surface area contributed by atoms with E-state index in [0.717, 1.165) is 25.7 Å². The molecule has 1 aliphatic rings. The summed E-state index contributed by atoms with van der Waals surface area (Å²) in [5, 5.41) is 4.01. The number of hydrogen-bond donors (Lipinski definition) is 1. The van der Waals surface area contributed by atoms with Gasteiger partial charge < -0.3 is 15.0 Å². The molecule has 2 rings (SSSR count). The molecule has 5 heteroatoms. The lowest BCUT2D eigenvalue weighted by atomic mass is 9.95. The van der Waals surface area contributed by atoms with Gasteiger partial charge >= 0.3 is 0 Å². The Bertz CT molecular complexity index is 399. The zero-order chi connectivity index (χ0) is 13.9. The normalized spacial score (nSPS) is 20.8. The van der Waals surface area contributed by atoms with Gasteiger partial charge in [0.2, 0.25) is 5.89 Å². The molecule has 1 heterocycles. The van der Waals surface area contributed by atoms with Crippen molar-refractivity contribution in [2.75, 3.05) is 6.61 Å². The molecule has 1 fully saturated rings. The van der Waals surface area contributed by atoms with Gasteiger partial charge in [0.1, 0.15) is 5.54 Å². The Balaban J connectivity index is 1.91. The molecule has 1 aliphatic carbocycles. The number of ether oxygens (including phenoxy) is 1. The Morgan fingerprint density at radius 1 is 1.53 bits per heavy atom. The lowest BCUT2D eigenvalue weighted by Gasteiger charge is -2.29. The van der Waals surface area contributed by atoms with Crippen LogP contribution in [0.2, 0.25) is 0 Å². The number of hydrogen-bond acceptors (Lipinski definition) is 5. The van der Waals surface area contributed by atoms with Gasteiger partial charge in [-0.15, -0.1) is 0 Å². The third-order valence-electron chi connectivity index (χ3n) is 3.87. The third kappa shape index (κ3) is 3.76. The van der Waals surface area contributed by atoms with Crippen molar-refractivity contribution in [3.8, 4) is 0 Å². The molecule has 0 amide bonds. The van der Waals surface area contributed by atoms with E-state index in [1.54, 1.807) is 0 Å². The molecule has 0 saturated heterocycles. The molecule has 1 saturated carbocycles. The highest BCUT2D eigenvalue weighted by molar-refractivity contribution is 5.02. The van der Waals surface area contributed by atoms with Gasteiger partial charge in [0.15, 0.2) is 5.82 Å². The Hall–Kier alpha value is -0.940. The molecule has 1 aromatic rings. The molecule has 0 aliphatic heterocycles. The number of nitrogens with two attached hydrogens (primary N) is 1. The molecule has 0 spiro atoms. The van der Waals surface area contributed by atoms with Crippen molar-refractivity contribution in [2.24, 2.45) is 11.7 Å². The monoisotopic (exact) mass is 267 g/mol.